The Bertz CT molecular complexity index is 518. The van der Waals surface area contributed by atoms with E-state index in [1.807, 2.05) is 17.9 Å². The van der Waals surface area contributed by atoms with Crippen molar-refractivity contribution in [3.05, 3.63) is 35.6 Å². The molecule has 1 aliphatic rings. The summed E-state index contributed by atoms with van der Waals surface area (Å²) in [4.78, 5) is 14.6. The van der Waals surface area contributed by atoms with Crippen molar-refractivity contribution >= 4 is 5.91 Å². The first-order valence-corrected chi connectivity index (χ1v) is 8.88. The quantitative estimate of drug-likeness (QED) is 0.793. The first kappa shape index (κ1) is 18.9. The highest BCUT2D eigenvalue weighted by Crippen LogP contribution is 2.18. The van der Waals surface area contributed by atoms with Gasteiger partial charge in [0.15, 0.2) is 0 Å². The number of benzene rings is 1. The Balaban J connectivity index is 1.99. The Morgan fingerprint density at radius 3 is 2.71 bits per heavy atom. The molecule has 1 aromatic rings. The lowest BCUT2D eigenvalue weighted by Gasteiger charge is -2.31. The molecule has 1 N–H and O–H groups in total. The lowest BCUT2D eigenvalue weighted by Crippen LogP contribution is -2.49. The minimum atomic E-state index is -0.318. The predicted molar refractivity (Wildman–Crippen MR) is 93.2 cm³/mol. The molecule has 0 radical (unpaired) electrons. The normalized spacial score (nSPS) is 17.0. The Labute approximate surface area is 144 Å². The maximum atomic E-state index is 14.0. The molecule has 0 aliphatic heterocycles. The van der Waals surface area contributed by atoms with E-state index in [-0.39, 0.29) is 23.8 Å². The van der Waals surface area contributed by atoms with Crippen LogP contribution in [0.4, 0.5) is 4.39 Å². The van der Waals surface area contributed by atoms with Gasteiger partial charge in [0.2, 0.25) is 5.91 Å². The second-order valence-corrected chi connectivity index (χ2v) is 6.57. The lowest BCUT2D eigenvalue weighted by atomic mass is 9.95. The lowest BCUT2D eigenvalue weighted by molar-refractivity contribution is -0.127. The van der Waals surface area contributed by atoms with Gasteiger partial charge < -0.3 is 10.1 Å². The second-order valence-electron chi connectivity index (χ2n) is 6.57. The van der Waals surface area contributed by atoms with Crippen LogP contribution in [0.2, 0.25) is 0 Å². The fraction of sp³-hybridized carbons (Fsp3) is 0.632. The number of hydrogen-bond donors (Lipinski definition) is 1. The molecule has 1 aromatic carbocycles. The molecule has 0 saturated heterocycles. The Hall–Kier alpha value is -1.46. The Morgan fingerprint density at radius 2 is 2.04 bits per heavy atom. The highest BCUT2D eigenvalue weighted by atomic mass is 19.1. The van der Waals surface area contributed by atoms with Crippen LogP contribution in [0, 0.1) is 5.82 Å². The van der Waals surface area contributed by atoms with E-state index in [0.717, 1.165) is 12.8 Å². The number of rotatable bonds is 8. The van der Waals surface area contributed by atoms with Gasteiger partial charge in [0.1, 0.15) is 5.82 Å². The molecule has 1 fully saturated rings. The molecule has 0 heterocycles. The third-order valence-corrected chi connectivity index (χ3v) is 4.79. The number of ether oxygens (including phenoxy) is 1. The summed E-state index contributed by atoms with van der Waals surface area (Å²) in [5.74, 6) is -0.214. The third-order valence-electron chi connectivity index (χ3n) is 4.79. The zero-order valence-corrected chi connectivity index (χ0v) is 14.8. The van der Waals surface area contributed by atoms with Crippen LogP contribution < -0.4 is 5.32 Å². The number of carbonyl (C=O) groups is 1. The van der Waals surface area contributed by atoms with Gasteiger partial charge in [-0.15, -0.1) is 0 Å². The van der Waals surface area contributed by atoms with E-state index in [1.165, 1.54) is 25.3 Å². The van der Waals surface area contributed by atoms with E-state index >= 15 is 0 Å². The van der Waals surface area contributed by atoms with E-state index in [2.05, 4.69) is 5.32 Å². The average Bonchev–Trinajstić information content (AvgIpc) is 2.60. The van der Waals surface area contributed by atoms with Crippen LogP contribution in [0.15, 0.2) is 24.3 Å². The highest BCUT2D eigenvalue weighted by Gasteiger charge is 2.25. The summed E-state index contributed by atoms with van der Waals surface area (Å²) < 4.78 is 19.1. The molecule has 1 saturated carbocycles. The molecule has 5 heteroatoms. The molecule has 0 aromatic heterocycles. The zero-order chi connectivity index (χ0) is 17.4. The maximum absolute atomic E-state index is 14.0. The van der Waals surface area contributed by atoms with Gasteiger partial charge in [-0.1, -0.05) is 37.5 Å². The summed E-state index contributed by atoms with van der Waals surface area (Å²) in [6.45, 7) is 3.38. The van der Waals surface area contributed by atoms with Gasteiger partial charge in [0, 0.05) is 31.8 Å². The SMILES string of the molecule is COCCN(Cc1ccccc1F)[C@@H](C)C(=O)NC1CCCCC1. The monoisotopic (exact) mass is 336 g/mol. The number of nitrogens with one attached hydrogen (secondary N) is 1. The van der Waals surface area contributed by atoms with Gasteiger partial charge in [0.25, 0.3) is 0 Å². The van der Waals surface area contributed by atoms with E-state index in [1.54, 1.807) is 19.2 Å². The molecule has 134 valence electrons. The molecule has 24 heavy (non-hydrogen) atoms. The van der Waals surface area contributed by atoms with Crippen LogP contribution in [0.5, 0.6) is 0 Å². The van der Waals surface area contributed by atoms with Crippen LogP contribution in [-0.2, 0) is 16.1 Å². The number of methoxy groups -OCH3 is 1. The molecule has 0 unspecified atom stereocenters. The molecular formula is C19H29FN2O2. The van der Waals surface area contributed by atoms with Crippen LogP contribution in [-0.4, -0.2) is 43.2 Å². The van der Waals surface area contributed by atoms with Gasteiger partial charge >= 0.3 is 0 Å². The summed E-state index contributed by atoms with van der Waals surface area (Å²) in [5, 5.41) is 3.16. The smallest absolute Gasteiger partial charge is 0.237 e. The summed E-state index contributed by atoms with van der Waals surface area (Å²) >= 11 is 0. The minimum Gasteiger partial charge on any atom is -0.383 e. The van der Waals surface area contributed by atoms with Gasteiger partial charge in [-0.05, 0) is 25.8 Å². The summed E-state index contributed by atoms with van der Waals surface area (Å²) in [7, 11) is 1.63. The number of nitrogens with zero attached hydrogens (tertiary/aromatic N) is 1. The predicted octanol–water partition coefficient (Wildman–Crippen LogP) is 3.11. The number of halogens is 1. The highest BCUT2D eigenvalue weighted by molar-refractivity contribution is 5.81. The van der Waals surface area contributed by atoms with E-state index < -0.39 is 0 Å². The number of hydrogen-bond acceptors (Lipinski definition) is 3. The van der Waals surface area contributed by atoms with Crippen molar-refractivity contribution in [2.45, 2.75) is 57.7 Å². The van der Waals surface area contributed by atoms with Crippen LogP contribution in [0.1, 0.15) is 44.6 Å². The summed E-state index contributed by atoms with van der Waals surface area (Å²) in [6.07, 6.45) is 5.74. The largest absolute Gasteiger partial charge is 0.383 e. The van der Waals surface area contributed by atoms with Crippen molar-refractivity contribution in [3.63, 3.8) is 0 Å². The topological polar surface area (TPSA) is 41.6 Å². The van der Waals surface area contributed by atoms with Gasteiger partial charge in [-0.25, -0.2) is 4.39 Å². The van der Waals surface area contributed by atoms with E-state index in [0.29, 0.717) is 25.3 Å². The minimum absolute atomic E-state index is 0.0225. The van der Waals surface area contributed by atoms with Gasteiger partial charge in [-0.3, -0.25) is 9.69 Å². The van der Waals surface area contributed by atoms with E-state index in [4.69, 9.17) is 4.74 Å². The molecule has 1 aliphatic carbocycles. The summed E-state index contributed by atoms with van der Waals surface area (Å²) in [5.41, 5.74) is 0.603. The fourth-order valence-electron chi connectivity index (χ4n) is 3.20. The first-order valence-electron chi connectivity index (χ1n) is 8.88. The van der Waals surface area contributed by atoms with Crippen molar-refractivity contribution in [2.24, 2.45) is 0 Å². The van der Waals surface area contributed by atoms with Crippen molar-refractivity contribution in [3.8, 4) is 0 Å². The van der Waals surface area contributed by atoms with Crippen LogP contribution in [0.25, 0.3) is 0 Å². The van der Waals surface area contributed by atoms with Crippen molar-refractivity contribution in [2.75, 3.05) is 20.3 Å². The molecule has 0 bridgehead atoms. The van der Waals surface area contributed by atoms with Gasteiger partial charge in [-0.2, -0.15) is 0 Å². The molecule has 4 nitrogen and oxygen atoms in total. The molecule has 2 rings (SSSR count). The summed E-state index contributed by atoms with van der Waals surface area (Å²) in [6, 6.07) is 6.68. The zero-order valence-electron chi connectivity index (χ0n) is 14.8. The Kier molecular flexibility index (Phi) is 7.66. The second kappa shape index (κ2) is 9.74. The third kappa shape index (κ3) is 5.56. The van der Waals surface area contributed by atoms with E-state index in [9.17, 15) is 9.18 Å². The molecule has 1 amide bonds. The molecule has 1 atom stereocenters. The maximum Gasteiger partial charge on any atom is 0.237 e. The van der Waals surface area contributed by atoms with Gasteiger partial charge in [0.05, 0.1) is 12.6 Å². The average molecular weight is 336 g/mol. The van der Waals surface area contributed by atoms with Crippen molar-refractivity contribution in [1.29, 1.82) is 0 Å². The first-order chi connectivity index (χ1) is 11.6. The van der Waals surface area contributed by atoms with Crippen LogP contribution >= 0.6 is 0 Å². The van der Waals surface area contributed by atoms with Crippen molar-refractivity contribution < 1.29 is 13.9 Å². The molecule has 0 spiro atoms. The number of carbonyl (C=O) groups excluding carboxylic acids is 1. The van der Waals surface area contributed by atoms with Crippen LogP contribution in [0.3, 0.4) is 0 Å². The van der Waals surface area contributed by atoms with Crippen molar-refractivity contribution in [1.82, 2.24) is 10.2 Å². The Morgan fingerprint density at radius 1 is 1.33 bits per heavy atom. The standard InChI is InChI=1S/C19H29FN2O2/c1-15(19(23)21-17-9-4-3-5-10-17)22(12-13-24-2)14-16-8-6-7-11-18(16)20/h6-8,11,15,17H,3-5,9-10,12-14H2,1-2H3,(H,21,23)/t15-/m0/s1. The fourth-order valence-corrected chi connectivity index (χ4v) is 3.20. The number of amides is 1. The molecular weight excluding hydrogens is 307 g/mol.